The van der Waals surface area contributed by atoms with Gasteiger partial charge in [-0.3, -0.25) is 4.79 Å². The van der Waals surface area contributed by atoms with Gasteiger partial charge in [-0.1, -0.05) is 12.2 Å². The zero-order valence-corrected chi connectivity index (χ0v) is 9.59. The molecule has 0 saturated heterocycles. The second kappa shape index (κ2) is 6.60. The molecule has 14 heavy (non-hydrogen) atoms. The maximum absolute atomic E-state index is 11.5. The predicted octanol–water partition coefficient (Wildman–Crippen LogP) is 1.74. The maximum Gasteiger partial charge on any atom is 0.229 e. The first-order chi connectivity index (χ1) is 6.54. The second-order valence-electron chi connectivity index (χ2n) is 3.64. The van der Waals surface area contributed by atoms with E-state index in [0.717, 1.165) is 0 Å². The molecule has 0 fully saturated rings. The Morgan fingerprint density at radius 3 is 2.57 bits per heavy atom. The molecule has 0 unspecified atom stereocenters. The molecule has 0 heterocycles. The van der Waals surface area contributed by atoms with Crippen LogP contribution < -0.4 is 5.32 Å². The molecular weight excluding hydrogens is 178 g/mol. The molecule has 0 aromatic rings. The predicted molar refractivity (Wildman–Crippen MR) is 58.1 cm³/mol. The van der Waals surface area contributed by atoms with Gasteiger partial charge in [-0.2, -0.15) is 0 Å². The van der Waals surface area contributed by atoms with Crippen molar-refractivity contribution in [2.45, 2.75) is 27.7 Å². The number of ether oxygens (including phenoxy) is 1. The summed E-state index contributed by atoms with van der Waals surface area (Å²) in [5, 5.41) is 2.80. The normalized spacial score (nSPS) is 12.0. The minimum absolute atomic E-state index is 0.0488. The molecule has 0 aliphatic carbocycles. The van der Waals surface area contributed by atoms with Crippen LogP contribution in [0.4, 0.5) is 0 Å². The van der Waals surface area contributed by atoms with Crippen LogP contribution in [0.3, 0.4) is 0 Å². The van der Waals surface area contributed by atoms with Crippen LogP contribution in [0.15, 0.2) is 12.2 Å². The van der Waals surface area contributed by atoms with E-state index in [1.807, 2.05) is 39.8 Å². The van der Waals surface area contributed by atoms with Crippen molar-refractivity contribution < 1.29 is 9.53 Å². The van der Waals surface area contributed by atoms with Gasteiger partial charge in [0.25, 0.3) is 0 Å². The van der Waals surface area contributed by atoms with Crippen LogP contribution in [0.25, 0.3) is 0 Å². The first-order valence-corrected chi connectivity index (χ1v) is 5.08. The van der Waals surface area contributed by atoms with Gasteiger partial charge in [0, 0.05) is 13.2 Å². The third-order valence-corrected chi connectivity index (χ3v) is 1.88. The number of rotatable bonds is 6. The van der Waals surface area contributed by atoms with Crippen LogP contribution in [0.1, 0.15) is 27.7 Å². The van der Waals surface area contributed by atoms with Gasteiger partial charge in [-0.05, 0) is 27.7 Å². The van der Waals surface area contributed by atoms with E-state index in [9.17, 15) is 4.79 Å². The smallest absolute Gasteiger partial charge is 0.229 e. The van der Waals surface area contributed by atoms with Crippen molar-refractivity contribution in [2.24, 2.45) is 5.41 Å². The summed E-state index contributed by atoms with van der Waals surface area (Å²) in [6.07, 6.45) is 3.77. The lowest BCUT2D eigenvalue weighted by atomic mass is 9.92. The van der Waals surface area contributed by atoms with E-state index < -0.39 is 5.41 Å². The zero-order valence-electron chi connectivity index (χ0n) is 9.59. The van der Waals surface area contributed by atoms with Crippen molar-refractivity contribution in [1.82, 2.24) is 5.32 Å². The Balaban J connectivity index is 4.04. The number of carbonyl (C=O) groups excluding carboxylic acids is 1. The highest BCUT2D eigenvalue weighted by molar-refractivity contribution is 5.83. The Morgan fingerprint density at radius 2 is 2.07 bits per heavy atom. The summed E-state index contributed by atoms with van der Waals surface area (Å²) in [5.74, 6) is 0.0488. The molecule has 0 saturated carbocycles. The fourth-order valence-corrected chi connectivity index (χ4v) is 0.993. The molecule has 0 aliphatic heterocycles. The van der Waals surface area contributed by atoms with Gasteiger partial charge in [-0.15, -0.1) is 0 Å². The monoisotopic (exact) mass is 199 g/mol. The third-order valence-electron chi connectivity index (χ3n) is 1.88. The summed E-state index contributed by atoms with van der Waals surface area (Å²) in [7, 11) is 0. The van der Waals surface area contributed by atoms with Crippen molar-refractivity contribution in [3.05, 3.63) is 12.2 Å². The number of nitrogens with one attached hydrogen (secondary N) is 1. The molecule has 0 spiro atoms. The Labute approximate surface area is 86.5 Å². The Kier molecular flexibility index (Phi) is 6.21. The molecule has 0 radical (unpaired) electrons. The molecular formula is C11H21NO2. The van der Waals surface area contributed by atoms with Crippen molar-refractivity contribution >= 4 is 5.91 Å². The van der Waals surface area contributed by atoms with Crippen molar-refractivity contribution in [2.75, 3.05) is 19.8 Å². The molecule has 1 amide bonds. The number of carbonyl (C=O) groups is 1. The van der Waals surface area contributed by atoms with Crippen LogP contribution in [-0.2, 0) is 9.53 Å². The SMILES string of the molecule is CCNC(=O)C(C)(C)/C=C/COCC. The quantitative estimate of drug-likeness (QED) is 0.522. The molecule has 0 atom stereocenters. The minimum Gasteiger partial charge on any atom is -0.378 e. The van der Waals surface area contributed by atoms with E-state index in [2.05, 4.69) is 5.32 Å². The fraction of sp³-hybridized carbons (Fsp3) is 0.727. The van der Waals surface area contributed by atoms with E-state index in [1.165, 1.54) is 0 Å². The van der Waals surface area contributed by atoms with Gasteiger partial charge < -0.3 is 10.1 Å². The summed E-state index contributed by atoms with van der Waals surface area (Å²) in [6.45, 7) is 9.58. The molecule has 0 rings (SSSR count). The molecule has 0 aromatic heterocycles. The molecule has 1 N–H and O–H groups in total. The van der Waals surface area contributed by atoms with Gasteiger partial charge in [0.05, 0.1) is 12.0 Å². The van der Waals surface area contributed by atoms with Crippen LogP contribution in [0.2, 0.25) is 0 Å². The molecule has 0 aromatic carbocycles. The summed E-state index contributed by atoms with van der Waals surface area (Å²) < 4.78 is 5.15. The molecule has 3 nitrogen and oxygen atoms in total. The van der Waals surface area contributed by atoms with E-state index in [1.54, 1.807) is 0 Å². The Hall–Kier alpha value is -0.830. The van der Waals surface area contributed by atoms with Crippen molar-refractivity contribution in [3.63, 3.8) is 0 Å². The van der Waals surface area contributed by atoms with Crippen LogP contribution >= 0.6 is 0 Å². The van der Waals surface area contributed by atoms with Gasteiger partial charge in [0.1, 0.15) is 0 Å². The van der Waals surface area contributed by atoms with Gasteiger partial charge in [-0.25, -0.2) is 0 Å². The molecule has 82 valence electrons. The molecule has 0 aliphatic rings. The maximum atomic E-state index is 11.5. The average Bonchev–Trinajstić information content (AvgIpc) is 2.13. The zero-order chi connectivity index (χ0) is 11.0. The topological polar surface area (TPSA) is 38.3 Å². The lowest BCUT2D eigenvalue weighted by Crippen LogP contribution is -2.35. The van der Waals surface area contributed by atoms with Crippen LogP contribution in [0, 0.1) is 5.41 Å². The lowest BCUT2D eigenvalue weighted by Gasteiger charge is -2.18. The minimum atomic E-state index is -0.451. The van der Waals surface area contributed by atoms with E-state index in [0.29, 0.717) is 19.8 Å². The van der Waals surface area contributed by atoms with Crippen molar-refractivity contribution in [3.8, 4) is 0 Å². The van der Waals surface area contributed by atoms with Crippen LogP contribution in [0.5, 0.6) is 0 Å². The standard InChI is InChI=1S/C11H21NO2/c1-5-12-10(13)11(3,4)8-7-9-14-6-2/h7-8H,5-6,9H2,1-4H3,(H,12,13)/b8-7+. The van der Waals surface area contributed by atoms with Gasteiger partial charge >= 0.3 is 0 Å². The number of amides is 1. The summed E-state index contributed by atoms with van der Waals surface area (Å²) in [5.41, 5.74) is -0.451. The average molecular weight is 199 g/mol. The second-order valence-corrected chi connectivity index (χ2v) is 3.64. The summed E-state index contributed by atoms with van der Waals surface area (Å²) in [4.78, 5) is 11.5. The Morgan fingerprint density at radius 1 is 1.43 bits per heavy atom. The highest BCUT2D eigenvalue weighted by atomic mass is 16.5. The van der Waals surface area contributed by atoms with E-state index >= 15 is 0 Å². The van der Waals surface area contributed by atoms with Gasteiger partial charge in [0.15, 0.2) is 0 Å². The Bertz CT molecular complexity index is 197. The molecule has 0 bridgehead atoms. The summed E-state index contributed by atoms with van der Waals surface area (Å²) >= 11 is 0. The fourth-order valence-electron chi connectivity index (χ4n) is 0.993. The number of hydrogen-bond acceptors (Lipinski definition) is 2. The first-order valence-electron chi connectivity index (χ1n) is 5.08. The van der Waals surface area contributed by atoms with Crippen molar-refractivity contribution in [1.29, 1.82) is 0 Å². The highest BCUT2D eigenvalue weighted by Gasteiger charge is 2.22. The molecule has 3 heteroatoms. The van der Waals surface area contributed by atoms with E-state index in [-0.39, 0.29) is 5.91 Å². The lowest BCUT2D eigenvalue weighted by molar-refractivity contribution is -0.127. The first kappa shape index (κ1) is 13.2. The number of hydrogen-bond donors (Lipinski definition) is 1. The van der Waals surface area contributed by atoms with Gasteiger partial charge in [0.2, 0.25) is 5.91 Å². The summed E-state index contributed by atoms with van der Waals surface area (Å²) in [6, 6.07) is 0. The largest absolute Gasteiger partial charge is 0.378 e. The van der Waals surface area contributed by atoms with E-state index in [4.69, 9.17) is 4.74 Å². The third kappa shape index (κ3) is 5.02. The van der Waals surface area contributed by atoms with Crippen LogP contribution in [-0.4, -0.2) is 25.7 Å². The highest BCUT2D eigenvalue weighted by Crippen LogP contribution is 2.16.